The first-order valence-electron chi connectivity index (χ1n) is 8.40. The fourth-order valence-corrected chi connectivity index (χ4v) is 3.59. The normalized spacial score (nSPS) is 22.7. The standard InChI is InChI=1S/C19H22N2O3/c1-3-20(16-11-7-4-8-13(16)2)17(22)12-21-18(23)14-9-5-6-10-15(14)19(21)24/h4-8,11,14-15H,3,9-10,12H2,1-2H3. The molecule has 126 valence electrons. The molecule has 24 heavy (non-hydrogen) atoms. The third-order valence-corrected chi connectivity index (χ3v) is 4.92. The number of nitrogens with zero attached hydrogens (tertiary/aromatic N) is 2. The van der Waals surface area contributed by atoms with Crippen molar-refractivity contribution in [2.75, 3.05) is 18.0 Å². The molecule has 0 N–H and O–H groups in total. The van der Waals surface area contributed by atoms with E-state index in [0.29, 0.717) is 19.4 Å². The first-order valence-corrected chi connectivity index (χ1v) is 8.40. The molecule has 2 atom stereocenters. The Kier molecular flexibility index (Phi) is 4.51. The summed E-state index contributed by atoms with van der Waals surface area (Å²) in [7, 11) is 0. The van der Waals surface area contributed by atoms with Crippen molar-refractivity contribution >= 4 is 23.4 Å². The first kappa shape index (κ1) is 16.4. The maximum atomic E-state index is 12.7. The number of rotatable bonds is 4. The predicted molar refractivity (Wildman–Crippen MR) is 91.3 cm³/mol. The van der Waals surface area contributed by atoms with Crippen LogP contribution in [-0.4, -0.2) is 35.7 Å². The van der Waals surface area contributed by atoms with Gasteiger partial charge in [-0.25, -0.2) is 0 Å². The SMILES string of the molecule is CCN(C(=O)CN1C(=O)C2CC=CCC2C1=O)c1ccccc1C. The maximum absolute atomic E-state index is 12.7. The largest absolute Gasteiger partial charge is 0.311 e. The molecule has 5 nitrogen and oxygen atoms in total. The number of fused-ring (bicyclic) bond motifs is 1. The van der Waals surface area contributed by atoms with Crippen LogP contribution in [0.5, 0.6) is 0 Å². The van der Waals surface area contributed by atoms with Gasteiger partial charge in [0.05, 0.1) is 11.8 Å². The summed E-state index contributed by atoms with van der Waals surface area (Å²) >= 11 is 0. The highest BCUT2D eigenvalue weighted by Crippen LogP contribution is 2.35. The van der Waals surface area contributed by atoms with Crippen LogP contribution < -0.4 is 4.90 Å². The Labute approximate surface area is 141 Å². The van der Waals surface area contributed by atoms with E-state index in [4.69, 9.17) is 0 Å². The van der Waals surface area contributed by atoms with Crippen molar-refractivity contribution in [2.24, 2.45) is 11.8 Å². The number of imide groups is 1. The highest BCUT2D eigenvalue weighted by Gasteiger charge is 2.47. The quantitative estimate of drug-likeness (QED) is 0.630. The van der Waals surface area contributed by atoms with Gasteiger partial charge in [0, 0.05) is 12.2 Å². The Morgan fingerprint density at radius 3 is 2.25 bits per heavy atom. The van der Waals surface area contributed by atoms with Crippen molar-refractivity contribution in [2.45, 2.75) is 26.7 Å². The minimum absolute atomic E-state index is 0.174. The number of likely N-dealkylation sites (N-methyl/N-ethyl adjacent to an activating group) is 1. The highest BCUT2D eigenvalue weighted by molar-refractivity contribution is 6.09. The van der Waals surface area contributed by atoms with Crippen molar-refractivity contribution in [1.82, 2.24) is 4.90 Å². The monoisotopic (exact) mass is 326 g/mol. The minimum atomic E-state index is -0.288. The molecule has 1 aliphatic heterocycles. The molecule has 2 unspecified atom stereocenters. The molecule has 2 aliphatic rings. The van der Waals surface area contributed by atoms with E-state index in [2.05, 4.69) is 0 Å². The number of amides is 3. The number of aryl methyl sites for hydroxylation is 1. The van der Waals surface area contributed by atoms with Gasteiger partial charge in [0.1, 0.15) is 6.54 Å². The minimum Gasteiger partial charge on any atom is -0.311 e. The number of anilines is 1. The Morgan fingerprint density at radius 1 is 1.12 bits per heavy atom. The van der Waals surface area contributed by atoms with Gasteiger partial charge in [-0.3, -0.25) is 19.3 Å². The molecule has 0 spiro atoms. The molecule has 1 fully saturated rings. The molecule has 1 aliphatic carbocycles. The predicted octanol–water partition coefficient (Wildman–Crippen LogP) is 2.30. The average molecular weight is 326 g/mol. The molecule has 1 aromatic carbocycles. The van der Waals surface area contributed by atoms with Crippen LogP contribution in [0.25, 0.3) is 0 Å². The van der Waals surface area contributed by atoms with Crippen LogP contribution in [0.3, 0.4) is 0 Å². The lowest BCUT2D eigenvalue weighted by atomic mass is 9.85. The number of benzene rings is 1. The Hall–Kier alpha value is -2.43. The lowest BCUT2D eigenvalue weighted by Gasteiger charge is -2.25. The number of hydrogen-bond donors (Lipinski definition) is 0. The van der Waals surface area contributed by atoms with Gasteiger partial charge in [-0.05, 0) is 38.3 Å². The van der Waals surface area contributed by atoms with E-state index in [0.717, 1.165) is 16.2 Å². The number of hydrogen-bond acceptors (Lipinski definition) is 3. The van der Waals surface area contributed by atoms with Gasteiger partial charge in [-0.2, -0.15) is 0 Å². The van der Waals surface area contributed by atoms with E-state index in [-0.39, 0.29) is 36.1 Å². The topological polar surface area (TPSA) is 57.7 Å². The van der Waals surface area contributed by atoms with Crippen molar-refractivity contribution in [3.05, 3.63) is 42.0 Å². The number of carbonyl (C=O) groups is 3. The van der Waals surface area contributed by atoms with Gasteiger partial charge >= 0.3 is 0 Å². The summed E-state index contributed by atoms with van der Waals surface area (Å²) in [4.78, 5) is 40.5. The molecule has 1 saturated heterocycles. The van der Waals surface area contributed by atoms with Crippen molar-refractivity contribution < 1.29 is 14.4 Å². The van der Waals surface area contributed by atoms with Crippen LogP contribution in [0.15, 0.2) is 36.4 Å². The summed E-state index contributed by atoms with van der Waals surface area (Å²) in [6, 6.07) is 7.62. The summed E-state index contributed by atoms with van der Waals surface area (Å²) in [5, 5.41) is 0. The molecular weight excluding hydrogens is 304 g/mol. The molecular formula is C19H22N2O3. The molecule has 0 bridgehead atoms. The van der Waals surface area contributed by atoms with Gasteiger partial charge in [-0.15, -0.1) is 0 Å². The number of allylic oxidation sites excluding steroid dienone is 2. The maximum Gasteiger partial charge on any atom is 0.247 e. The van der Waals surface area contributed by atoms with Crippen LogP contribution in [0.4, 0.5) is 5.69 Å². The van der Waals surface area contributed by atoms with Gasteiger partial charge in [0.2, 0.25) is 17.7 Å². The number of likely N-dealkylation sites (tertiary alicyclic amines) is 1. The zero-order valence-corrected chi connectivity index (χ0v) is 14.1. The van der Waals surface area contributed by atoms with Crippen LogP contribution >= 0.6 is 0 Å². The third kappa shape index (κ3) is 2.75. The first-order chi connectivity index (χ1) is 11.5. The number of para-hydroxylation sites is 1. The fraction of sp³-hybridized carbons (Fsp3) is 0.421. The van der Waals surface area contributed by atoms with E-state index in [9.17, 15) is 14.4 Å². The Bertz CT molecular complexity index is 684. The Morgan fingerprint density at radius 2 is 1.71 bits per heavy atom. The van der Waals surface area contributed by atoms with Gasteiger partial charge in [-0.1, -0.05) is 30.4 Å². The zero-order valence-electron chi connectivity index (χ0n) is 14.1. The average Bonchev–Trinajstić information content (AvgIpc) is 2.83. The van der Waals surface area contributed by atoms with Gasteiger partial charge in [0.15, 0.2) is 0 Å². The molecule has 0 radical (unpaired) electrons. The molecule has 1 heterocycles. The fourth-order valence-electron chi connectivity index (χ4n) is 3.59. The second-order valence-electron chi connectivity index (χ2n) is 6.34. The molecule has 3 amide bonds. The van der Waals surface area contributed by atoms with Gasteiger partial charge < -0.3 is 4.90 Å². The molecule has 0 aromatic heterocycles. The Balaban J connectivity index is 1.78. The smallest absolute Gasteiger partial charge is 0.247 e. The van der Waals surface area contributed by atoms with E-state index in [1.807, 2.05) is 50.3 Å². The summed E-state index contributed by atoms with van der Waals surface area (Å²) in [6.45, 7) is 4.15. The molecule has 0 saturated carbocycles. The zero-order chi connectivity index (χ0) is 17.3. The summed E-state index contributed by atoms with van der Waals surface area (Å²) < 4.78 is 0. The van der Waals surface area contributed by atoms with Crippen molar-refractivity contribution in [3.63, 3.8) is 0 Å². The van der Waals surface area contributed by atoms with Crippen LogP contribution in [-0.2, 0) is 14.4 Å². The lowest BCUT2D eigenvalue weighted by molar-refractivity contribution is -0.143. The lowest BCUT2D eigenvalue weighted by Crippen LogP contribution is -2.43. The van der Waals surface area contributed by atoms with Crippen LogP contribution in [0, 0.1) is 18.8 Å². The van der Waals surface area contributed by atoms with Crippen LogP contribution in [0.1, 0.15) is 25.3 Å². The van der Waals surface area contributed by atoms with Gasteiger partial charge in [0.25, 0.3) is 0 Å². The third-order valence-electron chi connectivity index (χ3n) is 4.92. The second-order valence-corrected chi connectivity index (χ2v) is 6.34. The summed E-state index contributed by atoms with van der Waals surface area (Å²) in [5.41, 5.74) is 1.81. The highest BCUT2D eigenvalue weighted by atomic mass is 16.2. The van der Waals surface area contributed by atoms with E-state index in [1.165, 1.54) is 0 Å². The van der Waals surface area contributed by atoms with Crippen LogP contribution in [0.2, 0.25) is 0 Å². The molecule has 3 rings (SSSR count). The van der Waals surface area contributed by atoms with E-state index >= 15 is 0 Å². The second kappa shape index (κ2) is 6.59. The van der Waals surface area contributed by atoms with Crippen molar-refractivity contribution in [3.8, 4) is 0 Å². The van der Waals surface area contributed by atoms with E-state index < -0.39 is 0 Å². The molecule has 5 heteroatoms. The van der Waals surface area contributed by atoms with Crippen molar-refractivity contribution in [1.29, 1.82) is 0 Å². The molecule has 1 aromatic rings. The van der Waals surface area contributed by atoms with E-state index in [1.54, 1.807) is 4.90 Å². The summed E-state index contributed by atoms with van der Waals surface area (Å²) in [5.74, 6) is -1.21. The number of carbonyl (C=O) groups excluding carboxylic acids is 3. The summed E-state index contributed by atoms with van der Waals surface area (Å²) in [6.07, 6.45) is 5.08.